The molecule has 0 atom stereocenters. The van der Waals surface area contributed by atoms with Crippen molar-refractivity contribution in [3.05, 3.63) is 52.2 Å². The number of nitrogens with zero attached hydrogens (tertiary/aromatic N) is 2. The van der Waals surface area contributed by atoms with Crippen LogP contribution in [0.25, 0.3) is 0 Å². The molecular formula is C18H19N3O5. The molecule has 0 bridgehead atoms. The lowest BCUT2D eigenvalue weighted by atomic mass is 9.74. The summed E-state index contributed by atoms with van der Waals surface area (Å²) < 4.78 is 16.5. The Morgan fingerprint density at radius 1 is 1.15 bits per heavy atom. The summed E-state index contributed by atoms with van der Waals surface area (Å²) in [6, 6.07) is 9.14. The molecule has 0 unspecified atom stereocenters. The average Bonchev–Trinajstić information content (AvgIpc) is 3.15. The van der Waals surface area contributed by atoms with Gasteiger partial charge in [-0.05, 0) is 36.6 Å². The number of ether oxygens (including phenoxy) is 3. The van der Waals surface area contributed by atoms with Crippen LogP contribution in [0.5, 0.6) is 11.5 Å². The van der Waals surface area contributed by atoms with Crippen LogP contribution in [0.1, 0.15) is 18.4 Å². The van der Waals surface area contributed by atoms with Gasteiger partial charge in [-0.25, -0.2) is 4.98 Å². The fourth-order valence-corrected chi connectivity index (χ4v) is 3.41. The Morgan fingerprint density at radius 3 is 2.69 bits per heavy atom. The third-order valence-corrected chi connectivity index (χ3v) is 5.00. The molecule has 3 heterocycles. The van der Waals surface area contributed by atoms with E-state index in [1.807, 2.05) is 12.1 Å². The summed E-state index contributed by atoms with van der Waals surface area (Å²) in [5, 5.41) is 14.1. The number of benzene rings is 1. The molecule has 8 nitrogen and oxygen atoms in total. The number of fused-ring (bicyclic) bond motifs is 1. The first kappa shape index (κ1) is 16.6. The van der Waals surface area contributed by atoms with E-state index in [2.05, 4.69) is 16.4 Å². The number of rotatable bonds is 5. The van der Waals surface area contributed by atoms with E-state index in [9.17, 15) is 10.1 Å². The molecule has 0 saturated carbocycles. The molecule has 0 radical (unpaired) electrons. The van der Waals surface area contributed by atoms with Crippen LogP contribution < -0.4 is 14.8 Å². The van der Waals surface area contributed by atoms with Gasteiger partial charge in [0.05, 0.1) is 4.92 Å². The Bertz CT molecular complexity index is 803. The molecule has 2 aliphatic heterocycles. The van der Waals surface area contributed by atoms with Crippen LogP contribution in [0.3, 0.4) is 0 Å². The van der Waals surface area contributed by atoms with Crippen molar-refractivity contribution >= 4 is 11.5 Å². The van der Waals surface area contributed by atoms with Crippen molar-refractivity contribution in [2.75, 3.05) is 31.9 Å². The molecule has 1 fully saturated rings. The van der Waals surface area contributed by atoms with Gasteiger partial charge in [0, 0.05) is 31.2 Å². The highest BCUT2D eigenvalue weighted by Gasteiger charge is 2.35. The van der Waals surface area contributed by atoms with Gasteiger partial charge < -0.3 is 19.5 Å². The molecule has 1 saturated heterocycles. The van der Waals surface area contributed by atoms with Gasteiger partial charge in [0.25, 0.3) is 5.69 Å². The number of hydrogen-bond donors (Lipinski definition) is 1. The number of pyridine rings is 1. The van der Waals surface area contributed by atoms with Gasteiger partial charge in [-0.2, -0.15) is 0 Å². The second-order valence-electron chi connectivity index (χ2n) is 6.47. The lowest BCUT2D eigenvalue weighted by molar-refractivity contribution is -0.385. The summed E-state index contributed by atoms with van der Waals surface area (Å²) in [5.74, 6) is 2.14. The fourth-order valence-electron chi connectivity index (χ4n) is 3.41. The summed E-state index contributed by atoms with van der Waals surface area (Å²) in [5.41, 5.74) is 1.02. The van der Waals surface area contributed by atoms with E-state index < -0.39 is 4.92 Å². The van der Waals surface area contributed by atoms with Crippen LogP contribution in [-0.2, 0) is 10.2 Å². The molecule has 1 aromatic carbocycles. The molecule has 0 spiro atoms. The average molecular weight is 357 g/mol. The minimum atomic E-state index is -0.455. The Balaban J connectivity index is 1.55. The van der Waals surface area contributed by atoms with Crippen molar-refractivity contribution in [2.24, 2.45) is 0 Å². The summed E-state index contributed by atoms with van der Waals surface area (Å²) in [6.45, 7) is 2.27. The maximum absolute atomic E-state index is 10.8. The number of hydrogen-bond acceptors (Lipinski definition) is 7. The summed E-state index contributed by atoms with van der Waals surface area (Å²) in [6.07, 6.45) is 3.00. The monoisotopic (exact) mass is 357 g/mol. The smallest absolute Gasteiger partial charge is 0.287 e. The van der Waals surface area contributed by atoms with E-state index >= 15 is 0 Å². The van der Waals surface area contributed by atoms with E-state index in [4.69, 9.17) is 14.2 Å². The first-order chi connectivity index (χ1) is 12.7. The highest BCUT2D eigenvalue weighted by Crippen LogP contribution is 2.41. The third kappa shape index (κ3) is 3.15. The van der Waals surface area contributed by atoms with Crippen LogP contribution in [-0.4, -0.2) is 36.5 Å². The second-order valence-corrected chi connectivity index (χ2v) is 6.47. The third-order valence-electron chi connectivity index (χ3n) is 5.00. The van der Waals surface area contributed by atoms with Crippen molar-refractivity contribution in [1.82, 2.24) is 4.98 Å². The highest BCUT2D eigenvalue weighted by molar-refractivity contribution is 5.48. The molecule has 1 aromatic heterocycles. The molecule has 0 aliphatic carbocycles. The SMILES string of the molecule is O=[N+]([O-])c1ccc(NCC2(c3ccc4c(c3)OCO4)CCOCC2)nc1. The van der Waals surface area contributed by atoms with E-state index in [-0.39, 0.29) is 17.9 Å². The van der Waals surface area contributed by atoms with Crippen molar-refractivity contribution in [3.63, 3.8) is 0 Å². The molecule has 136 valence electrons. The zero-order valence-electron chi connectivity index (χ0n) is 14.1. The van der Waals surface area contributed by atoms with Crippen LogP contribution in [0.4, 0.5) is 11.5 Å². The Labute approximate surface area is 150 Å². The maximum atomic E-state index is 10.8. The lowest BCUT2D eigenvalue weighted by Gasteiger charge is -2.38. The van der Waals surface area contributed by atoms with Crippen molar-refractivity contribution in [3.8, 4) is 11.5 Å². The summed E-state index contributed by atoms with van der Waals surface area (Å²) in [4.78, 5) is 14.4. The first-order valence-corrected chi connectivity index (χ1v) is 8.49. The van der Waals surface area contributed by atoms with Crippen LogP contribution in [0.2, 0.25) is 0 Å². The molecule has 0 amide bonds. The first-order valence-electron chi connectivity index (χ1n) is 8.49. The predicted octanol–water partition coefficient (Wildman–Crippen LogP) is 2.88. The van der Waals surface area contributed by atoms with Crippen molar-refractivity contribution in [1.29, 1.82) is 0 Å². The van der Waals surface area contributed by atoms with Crippen molar-refractivity contribution < 1.29 is 19.1 Å². The topological polar surface area (TPSA) is 95.8 Å². The fraction of sp³-hybridized carbons (Fsp3) is 0.389. The van der Waals surface area contributed by atoms with Gasteiger partial charge in [0.2, 0.25) is 6.79 Å². The Hall–Kier alpha value is -2.87. The normalized spacial score (nSPS) is 17.7. The van der Waals surface area contributed by atoms with E-state index in [1.165, 1.54) is 17.8 Å². The Kier molecular flexibility index (Phi) is 4.34. The quantitative estimate of drug-likeness (QED) is 0.649. The predicted molar refractivity (Wildman–Crippen MR) is 93.7 cm³/mol. The molecule has 8 heteroatoms. The van der Waals surface area contributed by atoms with Crippen LogP contribution >= 0.6 is 0 Å². The van der Waals surface area contributed by atoms with Gasteiger partial charge in [0.1, 0.15) is 12.0 Å². The van der Waals surface area contributed by atoms with E-state index in [1.54, 1.807) is 6.07 Å². The van der Waals surface area contributed by atoms with Gasteiger partial charge in [-0.15, -0.1) is 0 Å². The van der Waals surface area contributed by atoms with Gasteiger partial charge in [0.15, 0.2) is 11.5 Å². The number of aromatic nitrogens is 1. The Morgan fingerprint density at radius 2 is 1.96 bits per heavy atom. The molecular weight excluding hydrogens is 338 g/mol. The largest absolute Gasteiger partial charge is 0.454 e. The second kappa shape index (κ2) is 6.80. The lowest BCUT2D eigenvalue weighted by Crippen LogP contribution is -2.40. The molecule has 4 rings (SSSR count). The number of nitro groups is 1. The molecule has 1 N–H and O–H groups in total. The van der Waals surface area contributed by atoms with Crippen LogP contribution in [0, 0.1) is 10.1 Å². The van der Waals surface area contributed by atoms with Gasteiger partial charge >= 0.3 is 0 Å². The molecule has 26 heavy (non-hydrogen) atoms. The number of nitrogens with one attached hydrogen (secondary N) is 1. The zero-order valence-corrected chi connectivity index (χ0v) is 14.1. The van der Waals surface area contributed by atoms with E-state index in [0.717, 1.165) is 24.3 Å². The molecule has 2 aromatic rings. The van der Waals surface area contributed by atoms with Gasteiger partial charge in [-0.1, -0.05) is 6.07 Å². The van der Waals surface area contributed by atoms with Crippen molar-refractivity contribution in [2.45, 2.75) is 18.3 Å². The van der Waals surface area contributed by atoms with E-state index in [0.29, 0.717) is 25.6 Å². The van der Waals surface area contributed by atoms with Gasteiger partial charge in [-0.3, -0.25) is 10.1 Å². The summed E-state index contributed by atoms with van der Waals surface area (Å²) >= 11 is 0. The zero-order chi connectivity index (χ0) is 18.0. The van der Waals surface area contributed by atoms with Crippen LogP contribution in [0.15, 0.2) is 36.5 Å². The minimum Gasteiger partial charge on any atom is -0.454 e. The highest BCUT2D eigenvalue weighted by atomic mass is 16.7. The molecule has 2 aliphatic rings. The maximum Gasteiger partial charge on any atom is 0.287 e. The number of anilines is 1. The summed E-state index contributed by atoms with van der Waals surface area (Å²) in [7, 11) is 0. The minimum absolute atomic E-state index is 0.0212. The standard InChI is InChI=1S/C18H19N3O5/c22-21(23)14-2-4-17(19-10-14)20-11-18(5-7-24-8-6-18)13-1-3-15-16(9-13)26-12-25-15/h1-4,9-10H,5-8,11-12H2,(H,19,20).